The number of nitrogens with zero attached hydrogens (tertiary/aromatic N) is 3. The number of rotatable bonds is 4. The van der Waals surface area contributed by atoms with E-state index in [9.17, 15) is 9.90 Å². The van der Waals surface area contributed by atoms with E-state index in [0.29, 0.717) is 49.2 Å². The fourth-order valence-corrected chi connectivity index (χ4v) is 6.43. The van der Waals surface area contributed by atoms with Crippen LogP contribution in [0.1, 0.15) is 75.5 Å². The topological polar surface area (TPSA) is 76.8 Å². The molecular weight excluding hydrogens is 502 g/mol. The number of aliphatic hydroxyl groups is 1. The predicted molar refractivity (Wildman–Crippen MR) is 161 cm³/mol. The molecule has 1 saturated heterocycles. The number of morpholine rings is 1. The van der Waals surface area contributed by atoms with Crippen molar-refractivity contribution in [2.24, 2.45) is 0 Å². The summed E-state index contributed by atoms with van der Waals surface area (Å²) < 4.78 is 13.5. The number of aromatic nitrogens is 2. The van der Waals surface area contributed by atoms with E-state index in [4.69, 9.17) is 9.47 Å². The van der Waals surface area contributed by atoms with Crippen LogP contribution in [0, 0.1) is 0 Å². The number of hydrogen-bond acceptors (Lipinski definition) is 5. The first kappa shape index (κ1) is 28.0. The molecule has 6 rings (SSSR count). The monoisotopic (exact) mass is 543 g/mol. The van der Waals surface area contributed by atoms with Gasteiger partial charge in [-0.2, -0.15) is 0 Å². The molecule has 0 bridgehead atoms. The van der Waals surface area contributed by atoms with Gasteiger partial charge in [-0.25, -0.2) is 4.98 Å². The molecule has 3 aromatic rings. The van der Waals surface area contributed by atoms with Gasteiger partial charge in [-0.15, -0.1) is 0 Å². The smallest absolute Gasteiger partial charge is 0.251 e. The van der Waals surface area contributed by atoms with E-state index < -0.39 is 0 Å². The lowest BCUT2D eigenvalue weighted by Gasteiger charge is -2.32. The van der Waals surface area contributed by atoms with Gasteiger partial charge < -0.3 is 24.0 Å². The number of benzene rings is 1. The third-order valence-corrected chi connectivity index (χ3v) is 8.29. The summed E-state index contributed by atoms with van der Waals surface area (Å²) >= 11 is 0. The van der Waals surface area contributed by atoms with E-state index in [1.54, 1.807) is 7.11 Å². The van der Waals surface area contributed by atoms with Gasteiger partial charge >= 0.3 is 0 Å². The van der Waals surface area contributed by atoms with Gasteiger partial charge in [0.1, 0.15) is 5.76 Å². The Hall–Kier alpha value is -3.58. The van der Waals surface area contributed by atoms with E-state index in [2.05, 4.69) is 22.2 Å². The number of hydrogen-bond donors (Lipinski definition) is 1. The lowest BCUT2D eigenvalue weighted by atomic mass is 9.81. The van der Waals surface area contributed by atoms with Gasteiger partial charge in [0.25, 0.3) is 5.91 Å². The fourth-order valence-electron chi connectivity index (χ4n) is 6.43. The van der Waals surface area contributed by atoms with Gasteiger partial charge in [-0.3, -0.25) is 4.79 Å². The maximum atomic E-state index is 13.9. The second-order valence-electron chi connectivity index (χ2n) is 10.8. The van der Waals surface area contributed by atoms with E-state index >= 15 is 0 Å². The summed E-state index contributed by atoms with van der Waals surface area (Å²) in [5.41, 5.74) is 6.79. The lowest BCUT2D eigenvalue weighted by molar-refractivity contribution is -0.134. The quantitative estimate of drug-likeness (QED) is 0.360. The van der Waals surface area contributed by atoms with Gasteiger partial charge in [0, 0.05) is 53.0 Å². The molecule has 3 aliphatic rings. The van der Waals surface area contributed by atoms with Gasteiger partial charge in [0.2, 0.25) is 5.88 Å². The van der Waals surface area contributed by atoms with Crippen LogP contribution < -0.4 is 4.74 Å². The molecule has 7 nitrogen and oxygen atoms in total. The van der Waals surface area contributed by atoms with Crippen LogP contribution >= 0.6 is 0 Å². The number of methoxy groups -OCH3 is 1. The summed E-state index contributed by atoms with van der Waals surface area (Å²) in [7, 11) is 1.62. The summed E-state index contributed by atoms with van der Waals surface area (Å²) in [5.74, 6) is 1.02. The Morgan fingerprint density at radius 3 is 2.65 bits per heavy atom. The molecule has 7 heteroatoms. The molecule has 0 spiro atoms. The van der Waals surface area contributed by atoms with Crippen LogP contribution in [0.15, 0.2) is 42.6 Å². The predicted octanol–water partition coefficient (Wildman–Crippen LogP) is 6.96. The highest BCUT2D eigenvalue weighted by atomic mass is 16.5. The number of amides is 1. The van der Waals surface area contributed by atoms with E-state index in [1.165, 1.54) is 30.2 Å². The van der Waals surface area contributed by atoms with Crippen molar-refractivity contribution in [1.29, 1.82) is 0 Å². The molecule has 1 amide bonds. The second-order valence-corrected chi connectivity index (χ2v) is 10.8. The molecule has 0 radical (unpaired) electrons. The van der Waals surface area contributed by atoms with Gasteiger partial charge in [0.15, 0.2) is 0 Å². The van der Waals surface area contributed by atoms with Crippen LogP contribution in [-0.2, 0) is 16.1 Å². The molecule has 1 aromatic carbocycles. The highest BCUT2D eigenvalue weighted by Crippen LogP contribution is 2.47. The SMILES string of the molecule is C=C(O)c1ccc2c(C3CCCCC3)c3n(c2c1)CC(C(=O)N1CCO[C@@H](C)C1)=Cc1cc(OC)ncc1-3.CC. The number of ether oxygens (including phenoxy) is 2. The number of carbonyl (C=O) groups excluding carboxylic acids is 1. The number of carbonyl (C=O) groups is 1. The Morgan fingerprint density at radius 2 is 1.95 bits per heavy atom. The van der Waals surface area contributed by atoms with Crippen LogP contribution in [-0.4, -0.2) is 58.4 Å². The van der Waals surface area contributed by atoms with Crippen molar-refractivity contribution in [3.05, 3.63) is 59.3 Å². The Labute approximate surface area is 237 Å². The zero-order valence-corrected chi connectivity index (χ0v) is 24.2. The molecule has 4 heterocycles. The van der Waals surface area contributed by atoms with Crippen molar-refractivity contribution in [2.45, 2.75) is 71.4 Å². The lowest BCUT2D eigenvalue weighted by Crippen LogP contribution is -2.45. The largest absolute Gasteiger partial charge is 0.508 e. The average Bonchev–Trinajstić information content (AvgIpc) is 3.20. The number of pyridine rings is 1. The van der Waals surface area contributed by atoms with E-state index in [-0.39, 0.29) is 17.8 Å². The molecule has 0 unspecified atom stereocenters. The minimum absolute atomic E-state index is 0.00894. The molecular formula is C33H41N3O4. The minimum atomic E-state index is 0.00894. The third kappa shape index (κ3) is 5.15. The molecule has 40 heavy (non-hydrogen) atoms. The molecule has 212 valence electrons. The minimum Gasteiger partial charge on any atom is -0.508 e. The first-order valence-corrected chi connectivity index (χ1v) is 14.6. The molecule has 2 aliphatic heterocycles. The average molecular weight is 544 g/mol. The number of fused-ring (bicyclic) bond motifs is 5. The Kier molecular flexibility index (Phi) is 8.31. The highest BCUT2D eigenvalue weighted by molar-refractivity contribution is 6.02. The summed E-state index contributed by atoms with van der Waals surface area (Å²) in [6, 6.07) is 8.00. The van der Waals surface area contributed by atoms with E-state index in [0.717, 1.165) is 35.2 Å². The van der Waals surface area contributed by atoms with Crippen molar-refractivity contribution in [1.82, 2.24) is 14.5 Å². The second kappa shape index (κ2) is 11.9. The molecule has 1 N–H and O–H groups in total. The highest BCUT2D eigenvalue weighted by Gasteiger charge is 2.32. The maximum Gasteiger partial charge on any atom is 0.251 e. The Balaban J connectivity index is 0.00000158. The summed E-state index contributed by atoms with van der Waals surface area (Å²) in [6.45, 7) is 11.9. The Bertz CT molecular complexity index is 1450. The standard InChI is InChI=1S/C31H35N3O4.C2H6/c1-19-17-33(11-12-38-19)31(36)24-13-23-15-28(37-3)32-16-26(23)30-29(21-7-5-4-6-8-21)25-10-9-22(20(2)35)14-27(25)34(30)18-24;1-2/h9-10,13-16,19,21,35H,2,4-8,11-12,17-18H2,1,3H3;1-2H3/t19-;/m0./s1. The normalized spacial score (nSPS) is 19.1. The first-order chi connectivity index (χ1) is 19.4. The van der Waals surface area contributed by atoms with Crippen molar-refractivity contribution < 1.29 is 19.4 Å². The van der Waals surface area contributed by atoms with E-state index in [1.807, 2.05) is 56.1 Å². The molecule has 2 fully saturated rings. The van der Waals surface area contributed by atoms with Crippen molar-refractivity contribution >= 4 is 28.6 Å². The summed E-state index contributed by atoms with van der Waals surface area (Å²) in [6.07, 6.45) is 9.90. The van der Waals surface area contributed by atoms with Crippen LogP contribution in [0.5, 0.6) is 5.88 Å². The van der Waals surface area contributed by atoms with Crippen LogP contribution in [0.2, 0.25) is 0 Å². The van der Waals surface area contributed by atoms with Crippen LogP contribution in [0.25, 0.3) is 34.0 Å². The maximum absolute atomic E-state index is 13.9. The fraction of sp³-hybridized carbons (Fsp3) is 0.455. The third-order valence-electron chi connectivity index (χ3n) is 8.29. The zero-order chi connectivity index (χ0) is 28.4. The van der Waals surface area contributed by atoms with Gasteiger partial charge in [0.05, 0.1) is 32.1 Å². The molecule has 1 aliphatic carbocycles. The van der Waals surface area contributed by atoms with Gasteiger partial charge in [-0.05, 0) is 49.0 Å². The van der Waals surface area contributed by atoms with Crippen LogP contribution in [0.3, 0.4) is 0 Å². The first-order valence-electron chi connectivity index (χ1n) is 14.6. The van der Waals surface area contributed by atoms with Crippen LogP contribution in [0.4, 0.5) is 0 Å². The van der Waals surface area contributed by atoms with Crippen molar-refractivity contribution in [2.75, 3.05) is 26.8 Å². The van der Waals surface area contributed by atoms with Crippen molar-refractivity contribution in [3.8, 4) is 17.1 Å². The van der Waals surface area contributed by atoms with Gasteiger partial charge in [-0.1, -0.05) is 51.8 Å². The molecule has 2 aromatic heterocycles. The number of aliphatic hydroxyl groups excluding tert-OH is 1. The zero-order valence-electron chi connectivity index (χ0n) is 24.2. The molecule has 1 atom stereocenters. The molecule has 1 saturated carbocycles. The summed E-state index contributed by atoms with van der Waals surface area (Å²) in [4.78, 5) is 20.4. The summed E-state index contributed by atoms with van der Waals surface area (Å²) in [5, 5.41) is 11.4. The van der Waals surface area contributed by atoms with Crippen molar-refractivity contribution in [3.63, 3.8) is 0 Å². The Morgan fingerprint density at radius 1 is 1.18 bits per heavy atom.